The highest BCUT2D eigenvalue weighted by Gasteiger charge is 2.45. The van der Waals surface area contributed by atoms with Gasteiger partial charge in [-0.3, -0.25) is 0 Å². The lowest BCUT2D eigenvalue weighted by Crippen LogP contribution is -2.31. The number of hydrogen-bond acceptors (Lipinski definition) is 3. The molecule has 1 fully saturated rings. The molecule has 0 N–H and O–H groups in total. The average Bonchev–Trinajstić information content (AvgIpc) is 3.03. The highest BCUT2D eigenvalue weighted by atomic mass is 32.2. The van der Waals surface area contributed by atoms with Gasteiger partial charge in [-0.15, -0.1) is 0 Å². The third-order valence-corrected chi connectivity index (χ3v) is 6.54. The molecular weight excluding hydrogens is 356 g/mol. The minimum Gasteiger partial charge on any atom is -0.606 e. The summed E-state index contributed by atoms with van der Waals surface area (Å²) >= 11 is -1.25. The normalized spacial score (nSPS) is 22.8. The van der Waals surface area contributed by atoms with E-state index in [1.54, 1.807) is 0 Å². The Morgan fingerprint density at radius 3 is 2.37 bits per heavy atom. The number of rotatable bonds is 4. The van der Waals surface area contributed by atoms with Crippen LogP contribution in [0, 0.1) is 0 Å². The molecule has 4 rings (SSSR count). The standard InChI is InChI=1S/C23H24O3S/c1-4-23(16-25-22(2,3)26-23)19-10-7-11-20(15-19)27(24)21-13-12-17-8-5-6-9-18(17)14-21/h5-15H,4,16H2,1-3H3. The number of benzene rings is 3. The summed E-state index contributed by atoms with van der Waals surface area (Å²) in [5.74, 6) is -0.608. The Bertz CT molecular complexity index is 969. The SMILES string of the molecule is CCC1(c2cccc([S+]([O-])c3ccc4ccccc4c3)c2)COC(C)(C)O1. The molecule has 0 spiro atoms. The maximum absolute atomic E-state index is 13.2. The average molecular weight is 381 g/mol. The minimum absolute atomic E-state index is 0.493. The molecule has 2 unspecified atom stereocenters. The Hall–Kier alpha value is -1.85. The van der Waals surface area contributed by atoms with Gasteiger partial charge in [0.2, 0.25) is 0 Å². The van der Waals surface area contributed by atoms with E-state index >= 15 is 0 Å². The van der Waals surface area contributed by atoms with E-state index in [9.17, 15) is 4.55 Å². The van der Waals surface area contributed by atoms with E-state index < -0.39 is 22.6 Å². The van der Waals surface area contributed by atoms with Crippen molar-refractivity contribution in [1.82, 2.24) is 0 Å². The zero-order valence-electron chi connectivity index (χ0n) is 15.9. The first kappa shape index (κ1) is 18.5. The molecule has 0 saturated carbocycles. The summed E-state index contributed by atoms with van der Waals surface area (Å²) in [6, 6.07) is 22.0. The molecule has 0 radical (unpaired) electrons. The van der Waals surface area contributed by atoms with Crippen molar-refractivity contribution in [3.8, 4) is 0 Å². The van der Waals surface area contributed by atoms with Gasteiger partial charge >= 0.3 is 0 Å². The molecule has 0 amide bonds. The minimum atomic E-state index is -1.25. The molecule has 4 heteroatoms. The van der Waals surface area contributed by atoms with Crippen molar-refractivity contribution in [2.45, 2.75) is 48.4 Å². The first-order chi connectivity index (χ1) is 12.9. The van der Waals surface area contributed by atoms with E-state index in [1.165, 1.54) is 0 Å². The summed E-state index contributed by atoms with van der Waals surface area (Å²) < 4.78 is 25.3. The Balaban J connectivity index is 1.69. The van der Waals surface area contributed by atoms with Crippen LogP contribution in [0.5, 0.6) is 0 Å². The van der Waals surface area contributed by atoms with Crippen molar-refractivity contribution in [1.29, 1.82) is 0 Å². The van der Waals surface area contributed by atoms with Gasteiger partial charge in [0.25, 0.3) is 0 Å². The summed E-state index contributed by atoms with van der Waals surface area (Å²) in [5.41, 5.74) is 0.523. The van der Waals surface area contributed by atoms with E-state index in [2.05, 4.69) is 13.0 Å². The van der Waals surface area contributed by atoms with Crippen LogP contribution in [0.4, 0.5) is 0 Å². The first-order valence-corrected chi connectivity index (χ1v) is 10.4. The van der Waals surface area contributed by atoms with Crippen LogP contribution >= 0.6 is 0 Å². The molecule has 0 aromatic heterocycles. The quantitative estimate of drug-likeness (QED) is 0.570. The molecular formula is C23H24O3S. The largest absolute Gasteiger partial charge is 0.606 e. The van der Waals surface area contributed by atoms with Crippen molar-refractivity contribution in [3.63, 3.8) is 0 Å². The number of hydrogen-bond donors (Lipinski definition) is 0. The third kappa shape index (κ3) is 3.50. The summed E-state index contributed by atoms with van der Waals surface area (Å²) in [5, 5.41) is 2.24. The Morgan fingerprint density at radius 2 is 1.67 bits per heavy atom. The fourth-order valence-electron chi connectivity index (χ4n) is 3.65. The second kappa shape index (κ2) is 6.95. The molecule has 1 saturated heterocycles. The van der Waals surface area contributed by atoms with Crippen molar-refractivity contribution >= 4 is 21.9 Å². The maximum atomic E-state index is 13.2. The molecule has 2 atom stereocenters. The topological polar surface area (TPSA) is 41.5 Å². The van der Waals surface area contributed by atoms with E-state index in [-0.39, 0.29) is 0 Å². The van der Waals surface area contributed by atoms with Crippen LogP contribution in [0.1, 0.15) is 32.8 Å². The Labute approximate surface area is 163 Å². The molecule has 27 heavy (non-hydrogen) atoms. The van der Waals surface area contributed by atoms with Crippen LogP contribution in [-0.2, 0) is 26.3 Å². The van der Waals surface area contributed by atoms with Crippen molar-refractivity contribution in [2.75, 3.05) is 6.61 Å². The van der Waals surface area contributed by atoms with Gasteiger partial charge in [0, 0.05) is 17.2 Å². The Kier molecular flexibility index (Phi) is 4.77. The van der Waals surface area contributed by atoms with E-state index in [4.69, 9.17) is 9.47 Å². The summed E-state index contributed by atoms with van der Waals surface area (Å²) in [6.45, 7) is 6.46. The van der Waals surface area contributed by atoms with E-state index in [0.29, 0.717) is 6.61 Å². The molecule has 3 nitrogen and oxygen atoms in total. The van der Waals surface area contributed by atoms with Crippen LogP contribution in [0.25, 0.3) is 10.8 Å². The first-order valence-electron chi connectivity index (χ1n) is 9.28. The van der Waals surface area contributed by atoms with Crippen molar-refractivity contribution in [2.24, 2.45) is 0 Å². The molecule has 0 bridgehead atoms. The van der Waals surface area contributed by atoms with Gasteiger partial charge < -0.3 is 14.0 Å². The summed E-state index contributed by atoms with van der Waals surface area (Å²) in [6.07, 6.45) is 0.794. The van der Waals surface area contributed by atoms with Crippen molar-refractivity contribution < 1.29 is 14.0 Å². The highest BCUT2D eigenvalue weighted by molar-refractivity contribution is 7.91. The maximum Gasteiger partial charge on any atom is 0.164 e. The summed E-state index contributed by atoms with van der Waals surface area (Å²) in [7, 11) is 0. The zero-order valence-corrected chi connectivity index (χ0v) is 16.7. The van der Waals surface area contributed by atoms with Gasteiger partial charge in [0.1, 0.15) is 5.60 Å². The lowest BCUT2D eigenvalue weighted by atomic mass is 9.92. The van der Waals surface area contributed by atoms with E-state index in [1.807, 2.05) is 74.5 Å². The van der Waals surface area contributed by atoms with Crippen molar-refractivity contribution in [3.05, 3.63) is 72.3 Å². The van der Waals surface area contributed by atoms with Gasteiger partial charge in [0.05, 0.1) is 6.61 Å². The molecule has 1 aliphatic rings. The molecule has 3 aromatic rings. The van der Waals surface area contributed by atoms with Crippen LogP contribution in [0.2, 0.25) is 0 Å². The monoisotopic (exact) mass is 380 g/mol. The van der Waals surface area contributed by atoms with Crippen LogP contribution in [0.15, 0.2) is 76.5 Å². The van der Waals surface area contributed by atoms with Gasteiger partial charge in [-0.2, -0.15) is 0 Å². The van der Waals surface area contributed by atoms with Gasteiger partial charge in [-0.05, 0) is 60.9 Å². The molecule has 1 aliphatic heterocycles. The molecule has 3 aromatic carbocycles. The lowest BCUT2D eigenvalue weighted by Gasteiger charge is -2.28. The van der Waals surface area contributed by atoms with E-state index in [0.717, 1.165) is 32.5 Å². The predicted molar refractivity (Wildman–Crippen MR) is 108 cm³/mol. The molecule has 140 valence electrons. The lowest BCUT2D eigenvalue weighted by molar-refractivity contribution is -0.164. The second-order valence-electron chi connectivity index (χ2n) is 7.44. The smallest absolute Gasteiger partial charge is 0.164 e. The van der Waals surface area contributed by atoms with Gasteiger partial charge in [-0.25, -0.2) is 0 Å². The van der Waals surface area contributed by atoms with Crippen LogP contribution in [0.3, 0.4) is 0 Å². The fourth-order valence-corrected chi connectivity index (χ4v) is 4.79. The predicted octanol–water partition coefficient (Wildman–Crippen LogP) is 5.39. The summed E-state index contributed by atoms with van der Waals surface area (Å²) in [4.78, 5) is 1.59. The van der Waals surface area contributed by atoms with Crippen LogP contribution in [-0.4, -0.2) is 16.9 Å². The second-order valence-corrected chi connectivity index (χ2v) is 8.92. The van der Waals surface area contributed by atoms with Gasteiger partial charge in [-0.1, -0.05) is 43.3 Å². The highest BCUT2D eigenvalue weighted by Crippen LogP contribution is 2.42. The zero-order chi connectivity index (χ0) is 19.1. The third-order valence-electron chi connectivity index (χ3n) is 5.17. The molecule has 1 heterocycles. The van der Waals surface area contributed by atoms with Gasteiger partial charge in [0.15, 0.2) is 15.6 Å². The number of fused-ring (bicyclic) bond motifs is 1. The van der Waals surface area contributed by atoms with Crippen LogP contribution < -0.4 is 0 Å². The Morgan fingerprint density at radius 1 is 0.926 bits per heavy atom. The fraction of sp³-hybridized carbons (Fsp3) is 0.304. The number of ether oxygens (including phenoxy) is 2. The molecule has 0 aliphatic carbocycles.